The molecule has 1 saturated heterocycles. The summed E-state index contributed by atoms with van der Waals surface area (Å²) in [6.45, 7) is 1.52. The van der Waals surface area contributed by atoms with E-state index in [-0.39, 0.29) is 17.8 Å². The molecule has 1 aliphatic rings. The Morgan fingerprint density at radius 2 is 2.07 bits per heavy atom. The molecule has 1 aliphatic heterocycles. The molecule has 5 nitrogen and oxygen atoms in total. The minimum absolute atomic E-state index is 0.0110. The van der Waals surface area contributed by atoms with Crippen molar-refractivity contribution in [3.05, 3.63) is 71.0 Å². The first-order chi connectivity index (χ1) is 13.6. The fraction of sp³-hybridized carbons (Fsp3) is 0.238. The van der Waals surface area contributed by atoms with Crippen molar-refractivity contribution < 1.29 is 9.18 Å². The molecule has 7 heteroatoms. The molecule has 1 amide bonds. The molecular weight excluding hydrogens is 379 g/mol. The zero-order valence-corrected chi connectivity index (χ0v) is 15.9. The quantitative estimate of drug-likeness (QED) is 0.687. The highest BCUT2D eigenvalue weighted by atomic mass is 35.5. The molecule has 0 saturated carbocycles. The van der Waals surface area contributed by atoms with Gasteiger partial charge in [0, 0.05) is 30.2 Å². The number of rotatable bonds is 5. The fourth-order valence-corrected chi connectivity index (χ4v) is 3.66. The number of hydrogen-bond acceptors (Lipinski definition) is 3. The summed E-state index contributed by atoms with van der Waals surface area (Å²) >= 11 is 5.97. The van der Waals surface area contributed by atoms with Crippen LogP contribution in [0.2, 0.25) is 5.02 Å². The molecule has 28 heavy (non-hydrogen) atoms. The van der Waals surface area contributed by atoms with E-state index in [9.17, 15) is 9.18 Å². The summed E-state index contributed by atoms with van der Waals surface area (Å²) < 4.78 is 13.1. The van der Waals surface area contributed by atoms with Gasteiger partial charge in [0.15, 0.2) is 5.82 Å². The second kappa shape index (κ2) is 8.02. The highest BCUT2D eigenvalue weighted by Gasteiger charge is 2.25. The van der Waals surface area contributed by atoms with Crippen LogP contribution in [0.5, 0.6) is 0 Å². The first-order valence-electron chi connectivity index (χ1n) is 9.17. The highest BCUT2D eigenvalue weighted by Crippen LogP contribution is 2.24. The van der Waals surface area contributed by atoms with E-state index in [2.05, 4.69) is 20.4 Å². The number of aromatic nitrogens is 2. The molecule has 144 valence electrons. The lowest BCUT2D eigenvalue weighted by molar-refractivity contribution is -0.121. The van der Waals surface area contributed by atoms with Gasteiger partial charge in [0.1, 0.15) is 5.82 Å². The number of amides is 1. The minimum Gasteiger partial charge on any atom is -0.353 e. The maximum Gasteiger partial charge on any atom is 0.224 e. The predicted molar refractivity (Wildman–Crippen MR) is 108 cm³/mol. The van der Waals surface area contributed by atoms with Crippen molar-refractivity contribution in [2.45, 2.75) is 18.9 Å². The number of hydrogen-bond donors (Lipinski definition) is 2. The van der Waals surface area contributed by atoms with E-state index in [1.165, 1.54) is 12.1 Å². The van der Waals surface area contributed by atoms with E-state index in [1.807, 2.05) is 24.3 Å². The maximum atomic E-state index is 13.1. The average Bonchev–Trinajstić information content (AvgIpc) is 3.32. The summed E-state index contributed by atoms with van der Waals surface area (Å²) in [5, 5.41) is 11.1. The Morgan fingerprint density at radius 1 is 1.25 bits per heavy atom. The number of aromatic amines is 1. The third-order valence-electron chi connectivity index (χ3n) is 4.85. The molecule has 0 spiro atoms. The SMILES string of the molecule is O=C(Cc1cccc(Cl)c1)N[C@@H]1CCN(c2cc(-c3ccc(F)cc3)[nH]n2)C1. The zero-order chi connectivity index (χ0) is 19.5. The Kier molecular flexibility index (Phi) is 5.30. The van der Waals surface area contributed by atoms with Gasteiger partial charge >= 0.3 is 0 Å². The summed E-state index contributed by atoms with van der Waals surface area (Å²) in [5.41, 5.74) is 2.62. The number of benzene rings is 2. The number of carbonyl (C=O) groups excluding carboxylic acids is 1. The third kappa shape index (κ3) is 4.34. The van der Waals surface area contributed by atoms with Gasteiger partial charge in [0.25, 0.3) is 0 Å². The van der Waals surface area contributed by atoms with Crippen molar-refractivity contribution >= 4 is 23.3 Å². The maximum absolute atomic E-state index is 13.1. The summed E-state index contributed by atoms with van der Waals surface area (Å²) in [6.07, 6.45) is 1.17. The van der Waals surface area contributed by atoms with E-state index >= 15 is 0 Å². The number of nitrogens with zero attached hydrogens (tertiary/aromatic N) is 2. The average molecular weight is 399 g/mol. The van der Waals surface area contributed by atoms with E-state index in [4.69, 9.17) is 11.6 Å². The first kappa shape index (κ1) is 18.5. The molecule has 3 aromatic rings. The number of carbonyl (C=O) groups is 1. The molecule has 1 fully saturated rings. The molecule has 2 N–H and O–H groups in total. The number of halogens is 2. The van der Waals surface area contributed by atoms with Crippen LogP contribution in [0.1, 0.15) is 12.0 Å². The van der Waals surface area contributed by atoms with Crippen LogP contribution >= 0.6 is 11.6 Å². The summed E-state index contributed by atoms with van der Waals surface area (Å²) in [4.78, 5) is 14.4. The van der Waals surface area contributed by atoms with Gasteiger partial charge in [-0.05, 0) is 53.9 Å². The van der Waals surface area contributed by atoms with Crippen LogP contribution in [0.3, 0.4) is 0 Å². The standard InChI is InChI=1S/C21H20ClFN4O/c22-16-3-1-2-14(10-16)11-21(28)24-18-8-9-27(13-18)20-12-19(25-26-20)15-4-6-17(23)7-5-15/h1-7,10,12,18H,8-9,11,13H2,(H,24,28)(H,25,26)/t18-/m1/s1. The van der Waals surface area contributed by atoms with Crippen molar-refractivity contribution in [3.63, 3.8) is 0 Å². The Hall–Kier alpha value is -2.86. The van der Waals surface area contributed by atoms with Gasteiger partial charge in [0.2, 0.25) is 5.91 Å². The highest BCUT2D eigenvalue weighted by molar-refractivity contribution is 6.30. The monoisotopic (exact) mass is 398 g/mol. The van der Waals surface area contributed by atoms with Crippen LogP contribution in [0.25, 0.3) is 11.3 Å². The molecule has 0 radical (unpaired) electrons. The zero-order valence-electron chi connectivity index (χ0n) is 15.2. The van der Waals surface area contributed by atoms with Crippen molar-refractivity contribution in [2.75, 3.05) is 18.0 Å². The number of H-pyrrole nitrogens is 1. The Labute approximate surface area is 167 Å². The van der Waals surface area contributed by atoms with Crippen molar-refractivity contribution in [2.24, 2.45) is 0 Å². The fourth-order valence-electron chi connectivity index (χ4n) is 3.45. The summed E-state index contributed by atoms with van der Waals surface area (Å²) in [6, 6.07) is 15.7. The van der Waals surface area contributed by atoms with Crippen LogP contribution < -0.4 is 10.2 Å². The van der Waals surface area contributed by atoms with Gasteiger partial charge in [-0.2, -0.15) is 5.10 Å². The molecule has 0 bridgehead atoms. The van der Waals surface area contributed by atoms with Gasteiger partial charge in [-0.1, -0.05) is 23.7 Å². The topological polar surface area (TPSA) is 61.0 Å². The minimum atomic E-state index is -0.264. The van der Waals surface area contributed by atoms with Gasteiger partial charge in [-0.15, -0.1) is 0 Å². The lowest BCUT2D eigenvalue weighted by Crippen LogP contribution is -2.38. The van der Waals surface area contributed by atoms with Crippen molar-refractivity contribution in [1.82, 2.24) is 15.5 Å². The first-order valence-corrected chi connectivity index (χ1v) is 9.55. The van der Waals surface area contributed by atoms with Crippen LogP contribution in [-0.2, 0) is 11.2 Å². The van der Waals surface area contributed by atoms with Gasteiger partial charge < -0.3 is 10.2 Å². The second-order valence-corrected chi connectivity index (χ2v) is 7.39. The Balaban J connectivity index is 1.34. The van der Waals surface area contributed by atoms with Crippen LogP contribution in [-0.4, -0.2) is 35.2 Å². The van der Waals surface area contributed by atoms with E-state index in [0.717, 1.165) is 35.6 Å². The molecule has 4 rings (SSSR count). The summed E-state index contributed by atoms with van der Waals surface area (Å²) in [7, 11) is 0. The molecule has 0 aliphatic carbocycles. The van der Waals surface area contributed by atoms with E-state index < -0.39 is 0 Å². The van der Waals surface area contributed by atoms with E-state index in [0.29, 0.717) is 18.0 Å². The smallest absolute Gasteiger partial charge is 0.224 e. The molecule has 1 atom stereocenters. The van der Waals surface area contributed by atoms with Crippen LogP contribution in [0.15, 0.2) is 54.6 Å². The summed E-state index contributed by atoms with van der Waals surface area (Å²) in [5.74, 6) is 0.549. The third-order valence-corrected chi connectivity index (χ3v) is 5.09. The lowest BCUT2D eigenvalue weighted by atomic mass is 10.1. The van der Waals surface area contributed by atoms with Crippen LogP contribution in [0, 0.1) is 5.82 Å². The number of nitrogens with one attached hydrogen (secondary N) is 2. The molecular formula is C21H20ClFN4O. The molecule has 2 heterocycles. The predicted octanol–water partition coefficient (Wildman–Crippen LogP) is 3.81. The normalized spacial score (nSPS) is 16.4. The second-order valence-electron chi connectivity index (χ2n) is 6.95. The molecule has 1 aromatic heterocycles. The number of anilines is 1. The van der Waals surface area contributed by atoms with Crippen LogP contribution in [0.4, 0.5) is 10.2 Å². The lowest BCUT2D eigenvalue weighted by Gasteiger charge is -2.16. The van der Waals surface area contributed by atoms with Gasteiger partial charge in [0.05, 0.1) is 12.1 Å². The Bertz CT molecular complexity index is 973. The largest absolute Gasteiger partial charge is 0.353 e. The van der Waals surface area contributed by atoms with E-state index in [1.54, 1.807) is 18.2 Å². The Morgan fingerprint density at radius 3 is 2.86 bits per heavy atom. The molecule has 2 aromatic carbocycles. The van der Waals surface area contributed by atoms with Gasteiger partial charge in [-0.3, -0.25) is 9.89 Å². The van der Waals surface area contributed by atoms with Crippen molar-refractivity contribution in [1.29, 1.82) is 0 Å². The van der Waals surface area contributed by atoms with Crippen molar-refractivity contribution in [3.8, 4) is 11.3 Å². The molecule has 0 unspecified atom stereocenters. The van der Waals surface area contributed by atoms with Gasteiger partial charge in [-0.25, -0.2) is 4.39 Å².